The van der Waals surface area contributed by atoms with Crippen LogP contribution >= 0.6 is 7.82 Å². The highest BCUT2D eigenvalue weighted by Gasteiger charge is 2.00. The minimum Gasteiger partial charge on any atom is -0.315 e. The quantitative estimate of drug-likeness (QED) is 0.308. The van der Waals surface area contributed by atoms with Crippen molar-refractivity contribution >= 4 is 7.82 Å². The molecular weight excluding hydrogens is 183 g/mol. The van der Waals surface area contributed by atoms with E-state index in [1.54, 1.807) is 0 Å². The zero-order valence-electron chi connectivity index (χ0n) is 6.73. The maximum atomic E-state index is 8.88. The van der Waals surface area contributed by atoms with Crippen molar-refractivity contribution in [3.05, 3.63) is 0 Å². The third-order valence-corrected chi connectivity index (χ3v) is 1.19. The summed E-state index contributed by atoms with van der Waals surface area (Å²) in [5, 5.41) is 6.57. The summed E-state index contributed by atoms with van der Waals surface area (Å²) in [6.07, 6.45) is 1.28. The van der Waals surface area contributed by atoms with E-state index in [4.69, 9.17) is 19.2 Å². The number of hydrogen-bond acceptors (Lipinski definition) is 3. The zero-order chi connectivity index (χ0) is 9.45. The highest BCUT2D eigenvalue weighted by Crippen LogP contribution is 2.25. The molecule has 7 heteroatoms. The average Bonchev–Trinajstić information content (AvgIpc) is 2.10. The molecule has 0 unspecified atom stereocenters. The molecule has 0 saturated carbocycles. The highest BCUT2D eigenvalue weighted by molar-refractivity contribution is 7.45. The van der Waals surface area contributed by atoms with Gasteiger partial charge >= 0.3 is 7.82 Å². The highest BCUT2D eigenvalue weighted by atomic mass is 31.2. The lowest BCUT2D eigenvalue weighted by molar-refractivity contribution is 0.275. The predicted octanol–water partition coefficient (Wildman–Crippen LogP) is -1.36. The van der Waals surface area contributed by atoms with Gasteiger partial charge in [-0.25, -0.2) is 4.57 Å². The first-order valence-electron chi connectivity index (χ1n) is 3.70. The molecule has 1 aliphatic rings. The summed E-state index contributed by atoms with van der Waals surface area (Å²) >= 11 is 0. The van der Waals surface area contributed by atoms with Crippen LogP contribution in [0.25, 0.3) is 0 Å². The molecule has 0 atom stereocenters. The van der Waals surface area contributed by atoms with Crippen molar-refractivity contribution < 1.29 is 19.2 Å². The van der Waals surface area contributed by atoms with Crippen LogP contribution in [0, 0.1) is 0 Å². The van der Waals surface area contributed by atoms with E-state index in [1.165, 1.54) is 19.5 Å². The van der Waals surface area contributed by atoms with Gasteiger partial charge in [-0.15, -0.1) is 0 Å². The van der Waals surface area contributed by atoms with E-state index >= 15 is 0 Å². The minimum absolute atomic E-state index is 1.14. The van der Waals surface area contributed by atoms with Crippen molar-refractivity contribution in [2.45, 2.75) is 6.42 Å². The first-order chi connectivity index (χ1) is 5.50. The second-order valence-corrected chi connectivity index (χ2v) is 3.39. The van der Waals surface area contributed by atoms with Gasteiger partial charge in [-0.05, 0) is 19.5 Å². The van der Waals surface area contributed by atoms with Crippen molar-refractivity contribution in [2.24, 2.45) is 0 Å². The molecule has 1 rings (SSSR count). The molecule has 1 heterocycles. The Balaban J connectivity index is 0.000000217. The Morgan fingerprint density at radius 2 is 1.25 bits per heavy atom. The fraction of sp³-hybridized carbons (Fsp3) is 1.00. The summed E-state index contributed by atoms with van der Waals surface area (Å²) in [6, 6.07) is 0. The molecule has 1 aliphatic heterocycles. The minimum atomic E-state index is -4.64. The topological polar surface area (TPSA) is 102 Å². The van der Waals surface area contributed by atoms with Gasteiger partial charge in [-0.1, -0.05) is 0 Å². The Morgan fingerprint density at radius 1 is 0.917 bits per heavy atom. The van der Waals surface area contributed by atoms with E-state index in [-0.39, 0.29) is 0 Å². The Labute approximate surface area is 71.2 Å². The third-order valence-electron chi connectivity index (χ3n) is 1.19. The van der Waals surface area contributed by atoms with Crippen LogP contribution in [0.3, 0.4) is 0 Å². The van der Waals surface area contributed by atoms with Crippen LogP contribution in [0.4, 0.5) is 0 Å². The van der Waals surface area contributed by atoms with E-state index in [0.717, 1.165) is 13.1 Å². The average molecular weight is 198 g/mol. The molecule has 0 radical (unpaired) electrons. The lowest BCUT2D eigenvalue weighted by Gasteiger charge is -1.92. The summed E-state index contributed by atoms with van der Waals surface area (Å²) < 4.78 is 8.88. The Bertz CT molecular complexity index is 120. The number of hydrogen-bond donors (Lipinski definition) is 5. The largest absolute Gasteiger partial charge is 0.466 e. The van der Waals surface area contributed by atoms with Gasteiger partial charge < -0.3 is 25.3 Å². The Kier molecular flexibility index (Phi) is 6.55. The molecule has 0 spiro atoms. The summed E-state index contributed by atoms with van der Waals surface area (Å²) in [5.74, 6) is 0. The van der Waals surface area contributed by atoms with Gasteiger partial charge in [0.2, 0.25) is 0 Å². The van der Waals surface area contributed by atoms with Gasteiger partial charge in [0, 0.05) is 13.1 Å². The molecule has 0 aliphatic carbocycles. The van der Waals surface area contributed by atoms with E-state index < -0.39 is 7.82 Å². The van der Waals surface area contributed by atoms with Gasteiger partial charge in [0.15, 0.2) is 0 Å². The van der Waals surface area contributed by atoms with Crippen molar-refractivity contribution in [1.82, 2.24) is 10.6 Å². The third kappa shape index (κ3) is 16.5. The van der Waals surface area contributed by atoms with Crippen LogP contribution < -0.4 is 10.6 Å². The summed E-state index contributed by atoms with van der Waals surface area (Å²) in [7, 11) is -4.64. The van der Waals surface area contributed by atoms with Gasteiger partial charge in [-0.2, -0.15) is 0 Å². The zero-order valence-corrected chi connectivity index (χ0v) is 7.63. The number of phosphoric acid groups is 1. The van der Waals surface area contributed by atoms with Gasteiger partial charge in [0.05, 0.1) is 0 Å². The second kappa shape index (κ2) is 6.54. The normalized spacial score (nSPS) is 18.9. The molecule has 0 aromatic rings. The van der Waals surface area contributed by atoms with Crippen LogP contribution in [-0.2, 0) is 4.57 Å². The summed E-state index contributed by atoms with van der Waals surface area (Å²) in [4.78, 5) is 21.6. The van der Waals surface area contributed by atoms with Crippen LogP contribution in [0.1, 0.15) is 6.42 Å². The van der Waals surface area contributed by atoms with Gasteiger partial charge in [-0.3, -0.25) is 0 Å². The van der Waals surface area contributed by atoms with Gasteiger partial charge in [0.1, 0.15) is 0 Å². The molecule has 5 N–H and O–H groups in total. The predicted molar refractivity (Wildman–Crippen MR) is 44.6 cm³/mol. The number of nitrogens with one attached hydrogen (secondary N) is 2. The Hall–Kier alpha value is 0.0300. The summed E-state index contributed by atoms with van der Waals surface area (Å²) in [5.41, 5.74) is 0. The monoisotopic (exact) mass is 198 g/mol. The number of rotatable bonds is 0. The molecule has 6 nitrogen and oxygen atoms in total. The van der Waals surface area contributed by atoms with Crippen molar-refractivity contribution in [3.63, 3.8) is 0 Å². The van der Waals surface area contributed by atoms with Crippen LogP contribution in [0.15, 0.2) is 0 Å². The first kappa shape index (κ1) is 12.0. The molecule has 1 saturated heterocycles. The fourth-order valence-electron chi connectivity index (χ4n) is 0.765. The first-order valence-corrected chi connectivity index (χ1v) is 5.26. The van der Waals surface area contributed by atoms with Crippen LogP contribution in [-0.4, -0.2) is 40.9 Å². The van der Waals surface area contributed by atoms with E-state index in [9.17, 15) is 0 Å². The maximum absolute atomic E-state index is 8.88. The summed E-state index contributed by atoms with van der Waals surface area (Å²) in [6.45, 7) is 4.65. The molecule has 12 heavy (non-hydrogen) atoms. The molecule has 0 aromatic heterocycles. The van der Waals surface area contributed by atoms with E-state index in [0.29, 0.717) is 0 Å². The molecule has 0 bridgehead atoms. The fourth-order valence-corrected chi connectivity index (χ4v) is 0.765. The van der Waals surface area contributed by atoms with Crippen molar-refractivity contribution in [2.75, 3.05) is 26.2 Å². The van der Waals surface area contributed by atoms with E-state index in [1.807, 2.05) is 0 Å². The standard InChI is InChI=1S/C5H12N2.H3O4P/c1-2-6-4-5-7-3-1;1-5(2,3)4/h6-7H,1-5H2;(H3,1,2,3,4). The Morgan fingerprint density at radius 3 is 1.58 bits per heavy atom. The van der Waals surface area contributed by atoms with Crippen LogP contribution in [0.5, 0.6) is 0 Å². The SMILES string of the molecule is C1CNCCNC1.O=P(O)(O)O. The maximum Gasteiger partial charge on any atom is 0.466 e. The molecular formula is C5H15N2O4P. The van der Waals surface area contributed by atoms with Crippen molar-refractivity contribution in [3.8, 4) is 0 Å². The molecule has 1 fully saturated rings. The van der Waals surface area contributed by atoms with Crippen molar-refractivity contribution in [1.29, 1.82) is 0 Å². The molecule has 74 valence electrons. The van der Waals surface area contributed by atoms with E-state index in [2.05, 4.69) is 10.6 Å². The molecule has 0 aromatic carbocycles. The smallest absolute Gasteiger partial charge is 0.315 e. The lowest BCUT2D eigenvalue weighted by Crippen LogP contribution is -2.21. The van der Waals surface area contributed by atoms with Crippen LogP contribution in [0.2, 0.25) is 0 Å². The second-order valence-electron chi connectivity index (χ2n) is 2.37. The lowest BCUT2D eigenvalue weighted by atomic mass is 10.4. The van der Waals surface area contributed by atoms with Gasteiger partial charge in [0.25, 0.3) is 0 Å². The molecule has 0 amide bonds.